The third-order valence-corrected chi connectivity index (χ3v) is 7.53. The highest BCUT2D eigenvalue weighted by molar-refractivity contribution is 7.91. The van der Waals surface area contributed by atoms with Crippen molar-refractivity contribution in [3.8, 4) is 0 Å². The number of nitrogens with zero attached hydrogens (tertiary/aromatic N) is 1. The number of hydrogen-bond donors (Lipinski definition) is 0. The minimum absolute atomic E-state index is 0.0181. The van der Waals surface area contributed by atoms with E-state index in [0.717, 1.165) is 11.1 Å². The quantitative estimate of drug-likeness (QED) is 0.650. The van der Waals surface area contributed by atoms with Crippen LogP contribution in [0.15, 0.2) is 57.7 Å². The Morgan fingerprint density at radius 2 is 1.83 bits per heavy atom. The number of carbonyl (C=O) groups is 1. The van der Waals surface area contributed by atoms with Gasteiger partial charge in [0.15, 0.2) is 15.3 Å². The molecule has 6 nitrogen and oxygen atoms in total. The summed E-state index contributed by atoms with van der Waals surface area (Å²) in [5.74, 6) is -0.454. The normalized spacial score (nSPS) is 22.9. The van der Waals surface area contributed by atoms with Gasteiger partial charge in [-0.1, -0.05) is 42.0 Å². The predicted octanol–water partition coefficient (Wildman–Crippen LogP) is 2.83. The highest BCUT2D eigenvalue weighted by atomic mass is 32.2. The number of carbonyl (C=O) groups excluding carboxylic acids is 1. The maximum atomic E-state index is 13.4. The van der Waals surface area contributed by atoms with Gasteiger partial charge >= 0.3 is 0 Å². The van der Waals surface area contributed by atoms with E-state index in [1.165, 1.54) is 0 Å². The summed E-state index contributed by atoms with van der Waals surface area (Å²) in [6.07, 6.45) is 0.359. The Bertz CT molecular complexity index is 1310. The molecular weight excluding hydrogens is 390 g/mol. The number of aryl methyl sites for hydroxylation is 1. The van der Waals surface area contributed by atoms with Gasteiger partial charge in [0, 0.05) is 6.04 Å². The molecule has 0 saturated carbocycles. The van der Waals surface area contributed by atoms with Crippen LogP contribution in [0.1, 0.15) is 39.7 Å². The summed E-state index contributed by atoms with van der Waals surface area (Å²) in [4.78, 5) is 28.3. The molecule has 0 N–H and O–H groups in total. The van der Waals surface area contributed by atoms with Crippen molar-refractivity contribution in [3.63, 3.8) is 0 Å². The molecule has 2 aliphatic rings. The maximum Gasteiger partial charge on any atom is 0.291 e. The van der Waals surface area contributed by atoms with Crippen LogP contribution in [-0.2, 0) is 9.84 Å². The number of hydrogen-bond acceptors (Lipinski definition) is 5. The lowest BCUT2D eigenvalue weighted by Crippen LogP contribution is -2.40. The summed E-state index contributed by atoms with van der Waals surface area (Å²) < 4.78 is 30.1. The summed E-state index contributed by atoms with van der Waals surface area (Å²) in [6, 6.07) is 13.4. The van der Waals surface area contributed by atoms with E-state index < -0.39 is 27.8 Å². The van der Waals surface area contributed by atoms with Crippen molar-refractivity contribution in [2.45, 2.75) is 25.4 Å². The zero-order valence-corrected chi connectivity index (χ0v) is 16.6. The highest BCUT2D eigenvalue weighted by Gasteiger charge is 2.48. The van der Waals surface area contributed by atoms with Gasteiger partial charge in [0.2, 0.25) is 5.76 Å². The first-order valence-corrected chi connectivity index (χ1v) is 11.3. The van der Waals surface area contributed by atoms with E-state index in [0.29, 0.717) is 23.0 Å². The van der Waals surface area contributed by atoms with E-state index in [4.69, 9.17) is 4.42 Å². The van der Waals surface area contributed by atoms with Crippen LogP contribution in [0.3, 0.4) is 0 Å². The van der Waals surface area contributed by atoms with Gasteiger partial charge in [-0.3, -0.25) is 9.59 Å². The lowest BCUT2D eigenvalue weighted by Gasteiger charge is -2.30. The molecule has 3 aromatic rings. The van der Waals surface area contributed by atoms with Gasteiger partial charge in [0.1, 0.15) is 5.58 Å². The monoisotopic (exact) mass is 409 g/mol. The number of amides is 1. The van der Waals surface area contributed by atoms with Crippen molar-refractivity contribution in [1.82, 2.24) is 4.90 Å². The second-order valence-electron chi connectivity index (χ2n) is 7.76. The van der Waals surface area contributed by atoms with Crippen LogP contribution in [0, 0.1) is 6.92 Å². The zero-order chi connectivity index (χ0) is 20.3. The summed E-state index contributed by atoms with van der Waals surface area (Å²) in [5, 5.41) is 0.429. The Kier molecular flexibility index (Phi) is 3.93. The van der Waals surface area contributed by atoms with Gasteiger partial charge in [0.05, 0.1) is 28.5 Å². The fraction of sp³-hybridized carbons (Fsp3) is 0.273. The Labute approximate surface area is 167 Å². The molecule has 1 aromatic heterocycles. The standard InChI is InChI=1S/C22H19NO5S/c1-13-7-8-17-16(11-13)20(24)18-19(14-5-3-2-4-6-14)23(22(25)21(18)28-17)15-9-10-29(26,27)12-15/h2-8,11,15,19H,9-10,12H2,1H3. The summed E-state index contributed by atoms with van der Waals surface area (Å²) in [5.41, 5.74) is 2.10. The fourth-order valence-corrected chi connectivity index (χ4v) is 6.15. The van der Waals surface area contributed by atoms with Crippen molar-refractivity contribution in [2.75, 3.05) is 11.5 Å². The minimum atomic E-state index is -3.21. The molecule has 0 aliphatic carbocycles. The average Bonchev–Trinajstić information content (AvgIpc) is 3.20. The molecule has 1 fully saturated rings. The molecule has 7 heteroatoms. The van der Waals surface area contributed by atoms with Gasteiger partial charge in [-0.15, -0.1) is 0 Å². The number of benzene rings is 2. The van der Waals surface area contributed by atoms with Gasteiger partial charge in [-0.25, -0.2) is 8.42 Å². The van der Waals surface area contributed by atoms with Crippen LogP contribution in [0.2, 0.25) is 0 Å². The Morgan fingerprint density at radius 1 is 1.07 bits per heavy atom. The number of rotatable bonds is 2. The molecule has 0 radical (unpaired) electrons. The molecule has 2 atom stereocenters. The Hall–Kier alpha value is -2.93. The van der Waals surface area contributed by atoms with Crippen LogP contribution in [0.4, 0.5) is 0 Å². The molecule has 0 spiro atoms. The van der Waals surface area contributed by atoms with Crippen molar-refractivity contribution in [3.05, 3.63) is 81.2 Å². The van der Waals surface area contributed by atoms with Crippen molar-refractivity contribution in [2.24, 2.45) is 0 Å². The molecule has 1 amide bonds. The van der Waals surface area contributed by atoms with E-state index in [1.54, 1.807) is 17.0 Å². The van der Waals surface area contributed by atoms with Crippen LogP contribution in [0.25, 0.3) is 11.0 Å². The van der Waals surface area contributed by atoms with E-state index in [1.807, 2.05) is 43.3 Å². The van der Waals surface area contributed by atoms with E-state index in [2.05, 4.69) is 0 Å². The molecule has 29 heavy (non-hydrogen) atoms. The largest absolute Gasteiger partial charge is 0.450 e. The van der Waals surface area contributed by atoms with Crippen LogP contribution in [0.5, 0.6) is 0 Å². The maximum absolute atomic E-state index is 13.4. The predicted molar refractivity (Wildman–Crippen MR) is 109 cm³/mol. The summed E-state index contributed by atoms with van der Waals surface area (Å²) >= 11 is 0. The fourth-order valence-electron chi connectivity index (χ4n) is 4.44. The van der Waals surface area contributed by atoms with E-state index in [-0.39, 0.29) is 22.7 Å². The van der Waals surface area contributed by atoms with Crippen molar-refractivity contribution >= 4 is 26.7 Å². The summed E-state index contributed by atoms with van der Waals surface area (Å²) in [7, 11) is -3.21. The minimum Gasteiger partial charge on any atom is -0.450 e. The molecule has 2 aliphatic heterocycles. The van der Waals surface area contributed by atoms with Crippen LogP contribution < -0.4 is 5.43 Å². The molecule has 0 bridgehead atoms. The lowest BCUT2D eigenvalue weighted by molar-refractivity contribution is 0.0662. The summed E-state index contributed by atoms with van der Waals surface area (Å²) in [6.45, 7) is 1.89. The van der Waals surface area contributed by atoms with Crippen molar-refractivity contribution < 1.29 is 17.6 Å². The third-order valence-electron chi connectivity index (χ3n) is 5.78. The average molecular weight is 409 g/mol. The third kappa shape index (κ3) is 2.80. The van der Waals surface area contributed by atoms with E-state index in [9.17, 15) is 18.0 Å². The Morgan fingerprint density at radius 3 is 2.52 bits per heavy atom. The zero-order valence-electron chi connectivity index (χ0n) is 15.8. The molecule has 148 valence electrons. The number of sulfone groups is 1. The molecule has 2 aromatic carbocycles. The Balaban J connectivity index is 1.77. The van der Waals surface area contributed by atoms with Gasteiger partial charge in [0.25, 0.3) is 5.91 Å². The molecule has 5 rings (SSSR count). The molecule has 3 heterocycles. The van der Waals surface area contributed by atoms with E-state index >= 15 is 0 Å². The van der Waals surface area contributed by atoms with Gasteiger partial charge < -0.3 is 9.32 Å². The topological polar surface area (TPSA) is 84.7 Å². The molecular formula is C22H19NO5S. The molecule has 2 unspecified atom stereocenters. The van der Waals surface area contributed by atoms with Gasteiger partial charge in [-0.2, -0.15) is 0 Å². The highest BCUT2D eigenvalue weighted by Crippen LogP contribution is 2.41. The second kappa shape index (κ2) is 6.29. The molecule has 1 saturated heterocycles. The first kappa shape index (κ1) is 18.1. The first-order valence-electron chi connectivity index (χ1n) is 9.51. The lowest BCUT2D eigenvalue weighted by atomic mass is 9.97. The number of fused-ring (bicyclic) bond motifs is 2. The SMILES string of the molecule is Cc1ccc2oc3c(c(=O)c2c1)C(c1ccccc1)N(C1CCS(=O)(=O)C1)C3=O. The van der Waals surface area contributed by atoms with Crippen LogP contribution in [-0.4, -0.2) is 36.8 Å². The first-order chi connectivity index (χ1) is 13.9. The van der Waals surface area contributed by atoms with Gasteiger partial charge in [-0.05, 0) is 31.0 Å². The van der Waals surface area contributed by atoms with Crippen molar-refractivity contribution in [1.29, 1.82) is 0 Å². The second-order valence-corrected chi connectivity index (χ2v) is 9.98. The van der Waals surface area contributed by atoms with Crippen LogP contribution >= 0.6 is 0 Å². The smallest absolute Gasteiger partial charge is 0.291 e.